The fourth-order valence-corrected chi connectivity index (χ4v) is 8.05. The molecular weight excluding hydrogens is 688 g/mol. The molecule has 12 nitrogen and oxygen atoms in total. The van der Waals surface area contributed by atoms with E-state index in [2.05, 4.69) is 34.8 Å². The topological polar surface area (TPSA) is 190 Å². The van der Waals surface area contributed by atoms with Crippen LogP contribution in [0.1, 0.15) is 76.3 Å². The molecule has 0 bridgehead atoms. The highest BCUT2D eigenvalue weighted by Gasteiger charge is 2.73. The molecule has 1 saturated carbocycles. The highest BCUT2D eigenvalue weighted by Crippen LogP contribution is 2.64. The molecule has 6 N–H and O–H groups in total. The van der Waals surface area contributed by atoms with Gasteiger partial charge in [-0.3, -0.25) is 24.3 Å². The first kappa shape index (κ1) is 36.4. The second-order valence-electron chi connectivity index (χ2n) is 13.7. The number of fused-ring (bicyclic) bond motifs is 3. The number of ether oxygens (including phenoxy) is 1. The van der Waals surface area contributed by atoms with Crippen molar-refractivity contribution in [1.82, 2.24) is 15.6 Å². The minimum Gasteiger partial charge on any atom is -0.367 e. The number of benzene rings is 1. The van der Waals surface area contributed by atoms with Gasteiger partial charge < -0.3 is 21.1 Å². The van der Waals surface area contributed by atoms with Crippen molar-refractivity contribution in [2.24, 2.45) is 11.1 Å². The molecule has 3 aliphatic heterocycles. The third kappa shape index (κ3) is 6.67. The molecule has 0 unspecified atom stereocenters. The fraction of sp³-hybridized carbons (Fsp3) is 0.562. The van der Waals surface area contributed by atoms with Gasteiger partial charge in [0.2, 0.25) is 17.7 Å². The van der Waals surface area contributed by atoms with E-state index in [0.29, 0.717) is 42.0 Å². The number of nitrogens with one attached hydrogen (secondary N) is 3. The number of carbonyl (C=O) groups excluding carboxylic acids is 3. The number of anilines is 1. The van der Waals surface area contributed by atoms with Gasteiger partial charge in [0.05, 0.1) is 24.4 Å². The first-order valence-electron chi connectivity index (χ1n) is 15.8. The van der Waals surface area contributed by atoms with Crippen molar-refractivity contribution in [1.29, 1.82) is 0 Å². The second kappa shape index (κ2) is 13.4. The Morgan fingerprint density at radius 3 is 2.42 bits per heavy atom. The average Bonchev–Trinajstić information content (AvgIpc) is 3.48. The maximum atomic E-state index is 16.0. The quantitative estimate of drug-likeness (QED) is 0.225. The number of hydrogen-bond donors (Lipinski definition) is 5. The van der Waals surface area contributed by atoms with Crippen LogP contribution in [0.5, 0.6) is 0 Å². The van der Waals surface area contributed by atoms with Crippen LogP contribution in [0.2, 0.25) is 10.2 Å². The summed E-state index contributed by atoms with van der Waals surface area (Å²) in [6.07, 6.45) is 4.31. The molecule has 1 aromatic heterocycles. The number of carbonyl (C=O) groups is 3. The van der Waals surface area contributed by atoms with Crippen LogP contribution in [0.15, 0.2) is 30.5 Å². The molecule has 2 aromatic rings. The normalized spacial score (nSPS) is 28.7. The standard InChI is InChI=1S/C30H34Cl2FN5O4.C2H6O3S/c1-28(2)8-10-29(11-9-28)30(18-5-3-15(31)13-19(18)37-27(30)41)21(17-7-12-35-24(32)22(17)33)23(38-29)26(40)36-16-4-6-20(25(34)39)42-14-16;1-2-6(3,4)5/h3,5,7,12-13,16,20-21,23,38H,4,6,8-11,14H2,1-2H3,(H2,34,39)(H,36,40)(H,37,41);2H2,1H3,(H,3,4,5)/t16-,20+,21+,23-,30-;/m1./s1. The Bertz CT molecular complexity index is 1710. The molecule has 3 fully saturated rings. The average molecular weight is 729 g/mol. The first-order valence-corrected chi connectivity index (χ1v) is 18.2. The van der Waals surface area contributed by atoms with Gasteiger partial charge in [-0.2, -0.15) is 8.42 Å². The lowest BCUT2D eigenvalue weighted by Gasteiger charge is -2.50. The largest absolute Gasteiger partial charge is 0.367 e. The molecule has 2 saturated heterocycles. The van der Waals surface area contributed by atoms with Crippen molar-refractivity contribution < 1.29 is 36.5 Å². The number of aromatic nitrogens is 1. The van der Waals surface area contributed by atoms with Crippen molar-refractivity contribution >= 4 is 56.7 Å². The highest BCUT2D eigenvalue weighted by atomic mass is 35.5. The van der Waals surface area contributed by atoms with Crippen LogP contribution >= 0.6 is 23.2 Å². The van der Waals surface area contributed by atoms with Gasteiger partial charge in [-0.05, 0) is 80.2 Å². The predicted octanol–water partition coefficient (Wildman–Crippen LogP) is 3.86. The fourth-order valence-electron chi connectivity index (χ4n) is 7.71. The van der Waals surface area contributed by atoms with Crippen LogP contribution in [0, 0.1) is 11.2 Å². The minimum atomic E-state index is -3.66. The lowest BCUT2D eigenvalue weighted by molar-refractivity contribution is -0.134. The molecule has 4 aliphatic rings. The Hall–Kier alpha value is -2.88. The number of hydrogen-bond acceptors (Lipinski definition) is 8. The molecule has 0 radical (unpaired) electrons. The predicted molar refractivity (Wildman–Crippen MR) is 178 cm³/mol. The number of pyridine rings is 1. The number of nitrogens with two attached hydrogens (primary N) is 1. The Kier molecular flexibility index (Phi) is 10.2. The summed E-state index contributed by atoms with van der Waals surface area (Å²) >= 11 is 12.5. The van der Waals surface area contributed by atoms with E-state index in [9.17, 15) is 22.8 Å². The van der Waals surface area contributed by atoms with Crippen LogP contribution in [-0.2, 0) is 34.7 Å². The Morgan fingerprint density at radius 1 is 1.17 bits per heavy atom. The van der Waals surface area contributed by atoms with E-state index < -0.39 is 56.8 Å². The number of primary amides is 1. The zero-order valence-corrected chi connectivity index (χ0v) is 29.1. The molecule has 6 rings (SSSR count). The number of nitrogens with zero attached hydrogens (tertiary/aromatic N) is 1. The monoisotopic (exact) mass is 727 g/mol. The molecule has 4 heterocycles. The van der Waals surface area contributed by atoms with Gasteiger partial charge in [0.15, 0.2) is 11.0 Å². The molecule has 3 amide bonds. The second-order valence-corrected chi connectivity index (χ2v) is 16.2. The molecular formula is C32H40Cl2FN5O7S. The van der Waals surface area contributed by atoms with Gasteiger partial charge in [-0.1, -0.05) is 43.1 Å². The molecule has 1 aromatic carbocycles. The smallest absolute Gasteiger partial charge is 0.264 e. The van der Waals surface area contributed by atoms with Gasteiger partial charge in [0, 0.05) is 28.4 Å². The highest BCUT2D eigenvalue weighted by molar-refractivity contribution is 7.85. The van der Waals surface area contributed by atoms with Gasteiger partial charge in [-0.15, -0.1) is 0 Å². The van der Waals surface area contributed by atoms with Gasteiger partial charge >= 0.3 is 0 Å². The molecule has 2 spiro atoms. The van der Waals surface area contributed by atoms with Crippen molar-refractivity contribution in [3.63, 3.8) is 0 Å². The molecule has 48 heavy (non-hydrogen) atoms. The van der Waals surface area contributed by atoms with Crippen LogP contribution < -0.4 is 21.7 Å². The summed E-state index contributed by atoms with van der Waals surface area (Å²) in [7, 11) is -3.66. The van der Waals surface area contributed by atoms with E-state index in [-0.39, 0.29) is 40.4 Å². The maximum Gasteiger partial charge on any atom is 0.264 e. The minimum absolute atomic E-state index is 0.0312. The number of halogens is 3. The third-order valence-electron chi connectivity index (χ3n) is 10.3. The lowest BCUT2D eigenvalue weighted by atomic mass is 9.53. The number of amides is 3. The van der Waals surface area contributed by atoms with Crippen LogP contribution in [0.25, 0.3) is 0 Å². The summed E-state index contributed by atoms with van der Waals surface area (Å²) in [5, 5.41) is 9.81. The lowest BCUT2D eigenvalue weighted by Crippen LogP contribution is -2.61. The Labute approximate surface area is 288 Å². The van der Waals surface area contributed by atoms with E-state index in [1.165, 1.54) is 19.2 Å². The van der Waals surface area contributed by atoms with E-state index in [1.807, 2.05) is 6.07 Å². The van der Waals surface area contributed by atoms with Gasteiger partial charge in [0.1, 0.15) is 11.5 Å². The van der Waals surface area contributed by atoms with Crippen LogP contribution in [-0.4, -0.2) is 71.8 Å². The summed E-state index contributed by atoms with van der Waals surface area (Å²) < 4.78 is 48.5. The maximum absolute atomic E-state index is 16.0. The third-order valence-corrected chi connectivity index (χ3v) is 11.5. The SMILES string of the molecule is CC1(C)CCC2(CC1)N[C@@H](C(=O)N[C@@H]1CC[C@@H](C(N)=O)OC1)[C@H](c1ccnc(Cl)c1F)[C@]21C(=O)Nc2cc(Cl)ccc21.CCS(=O)(=O)O. The van der Waals surface area contributed by atoms with Crippen LogP contribution in [0.3, 0.4) is 0 Å². The van der Waals surface area contributed by atoms with Gasteiger partial charge in [-0.25, -0.2) is 9.37 Å². The summed E-state index contributed by atoms with van der Waals surface area (Å²) in [5.74, 6) is -3.19. The molecule has 5 atom stereocenters. The van der Waals surface area contributed by atoms with Crippen molar-refractivity contribution in [3.8, 4) is 0 Å². The van der Waals surface area contributed by atoms with E-state index in [1.54, 1.807) is 12.1 Å². The van der Waals surface area contributed by atoms with Crippen molar-refractivity contribution in [2.45, 2.75) is 94.4 Å². The molecule has 262 valence electrons. The van der Waals surface area contributed by atoms with E-state index in [0.717, 1.165) is 12.8 Å². The zero-order valence-electron chi connectivity index (χ0n) is 26.8. The number of rotatable bonds is 5. The van der Waals surface area contributed by atoms with Gasteiger partial charge in [0.25, 0.3) is 10.1 Å². The Morgan fingerprint density at radius 2 is 1.83 bits per heavy atom. The van der Waals surface area contributed by atoms with Crippen LogP contribution in [0.4, 0.5) is 10.1 Å². The van der Waals surface area contributed by atoms with E-state index >= 15 is 4.39 Å². The summed E-state index contributed by atoms with van der Waals surface area (Å²) in [4.78, 5) is 44.2. The molecule has 1 aliphatic carbocycles. The zero-order chi connectivity index (χ0) is 35.2. The Balaban J connectivity index is 0.000000689. The summed E-state index contributed by atoms with van der Waals surface area (Å²) in [6, 6.07) is 5.34. The summed E-state index contributed by atoms with van der Waals surface area (Å²) in [6.45, 7) is 5.86. The molecule has 16 heteroatoms. The van der Waals surface area contributed by atoms with E-state index in [4.69, 9.17) is 38.2 Å². The van der Waals surface area contributed by atoms with Crippen molar-refractivity contribution in [3.05, 3.63) is 57.6 Å². The first-order chi connectivity index (χ1) is 22.4. The summed E-state index contributed by atoms with van der Waals surface area (Å²) in [5.41, 5.74) is 4.54. The van der Waals surface area contributed by atoms with Crippen molar-refractivity contribution in [2.75, 3.05) is 17.7 Å².